The topological polar surface area (TPSA) is 74.6 Å². The lowest BCUT2D eigenvalue weighted by atomic mass is 9.99. The van der Waals surface area contributed by atoms with Crippen molar-refractivity contribution in [3.63, 3.8) is 0 Å². The third-order valence-electron chi connectivity index (χ3n) is 6.86. The normalized spacial score (nSPS) is 14.7. The summed E-state index contributed by atoms with van der Waals surface area (Å²) in [5.74, 6) is 1.10. The summed E-state index contributed by atoms with van der Waals surface area (Å²) in [6, 6.07) is 15.9. The Labute approximate surface area is 224 Å². The van der Waals surface area contributed by atoms with Gasteiger partial charge in [-0.1, -0.05) is 31.2 Å². The molecular weight excluding hydrogens is 535 g/mol. The lowest BCUT2D eigenvalue weighted by molar-refractivity contribution is 0.0944. The van der Waals surface area contributed by atoms with E-state index in [0.29, 0.717) is 41.4 Å². The maximum Gasteiger partial charge on any atom is 0.251 e. The van der Waals surface area contributed by atoms with Crippen molar-refractivity contribution in [1.29, 1.82) is 0 Å². The number of amides is 1. The number of rotatable bonds is 8. The van der Waals surface area contributed by atoms with Crippen molar-refractivity contribution in [3.8, 4) is 11.3 Å². The molecule has 0 saturated carbocycles. The molecule has 0 spiro atoms. The minimum atomic E-state index is -0.333. The standard InChI is InChI=1S/C28H30BrFN6O/c1-19-10-13-35(14-11-19)15-12-31-28(37)21-8-6-20(7-9-21)17-32-26-16-25(22-4-2-3-5-24(22)30)34-27-23(29)18-33-36(26)27/h2-9,16,18-19,32H,10-15,17H2,1H3,(H,31,37). The predicted octanol–water partition coefficient (Wildman–Crippen LogP) is 5.37. The molecule has 2 aromatic carbocycles. The second-order valence-corrected chi connectivity index (χ2v) is 10.4. The van der Waals surface area contributed by atoms with Crippen LogP contribution in [0.25, 0.3) is 16.9 Å². The monoisotopic (exact) mass is 564 g/mol. The SMILES string of the molecule is CC1CCN(CCNC(=O)c2ccc(CNc3cc(-c4ccccc4F)nc4c(Br)cnn34)cc2)CC1. The number of carbonyl (C=O) groups is 1. The molecule has 192 valence electrons. The lowest BCUT2D eigenvalue weighted by Gasteiger charge is -2.30. The average Bonchev–Trinajstić information content (AvgIpc) is 3.29. The Bertz CT molecular complexity index is 1380. The number of aromatic nitrogens is 3. The molecule has 0 radical (unpaired) electrons. The van der Waals surface area contributed by atoms with E-state index in [1.54, 1.807) is 35.0 Å². The molecule has 0 bridgehead atoms. The third kappa shape index (κ3) is 5.99. The second-order valence-electron chi connectivity index (χ2n) is 9.56. The fourth-order valence-electron chi connectivity index (χ4n) is 4.55. The van der Waals surface area contributed by atoms with Crippen LogP contribution in [-0.2, 0) is 6.54 Å². The molecule has 5 rings (SSSR count). The quantitative estimate of drug-likeness (QED) is 0.301. The van der Waals surface area contributed by atoms with Gasteiger partial charge in [-0.05, 0) is 77.6 Å². The van der Waals surface area contributed by atoms with E-state index in [2.05, 4.69) is 48.5 Å². The van der Waals surface area contributed by atoms with Crippen molar-refractivity contribution in [2.45, 2.75) is 26.3 Å². The molecule has 2 N–H and O–H groups in total. The highest BCUT2D eigenvalue weighted by molar-refractivity contribution is 9.10. The van der Waals surface area contributed by atoms with Gasteiger partial charge in [0.25, 0.3) is 5.91 Å². The lowest BCUT2D eigenvalue weighted by Crippen LogP contribution is -2.39. The molecule has 37 heavy (non-hydrogen) atoms. The Kier molecular flexibility index (Phi) is 7.81. The molecule has 1 amide bonds. The van der Waals surface area contributed by atoms with Crippen molar-refractivity contribution < 1.29 is 9.18 Å². The molecule has 1 saturated heterocycles. The Balaban J connectivity index is 1.22. The number of benzene rings is 2. The van der Waals surface area contributed by atoms with E-state index >= 15 is 0 Å². The maximum atomic E-state index is 14.4. The predicted molar refractivity (Wildman–Crippen MR) is 147 cm³/mol. The zero-order valence-electron chi connectivity index (χ0n) is 20.8. The van der Waals surface area contributed by atoms with E-state index in [-0.39, 0.29) is 11.7 Å². The average molecular weight is 565 g/mol. The van der Waals surface area contributed by atoms with E-state index in [1.807, 2.05) is 24.3 Å². The number of hydrogen-bond donors (Lipinski definition) is 2. The summed E-state index contributed by atoms with van der Waals surface area (Å²) in [5.41, 5.74) is 3.17. The summed E-state index contributed by atoms with van der Waals surface area (Å²) in [6.07, 6.45) is 4.13. The number of nitrogens with zero attached hydrogens (tertiary/aromatic N) is 4. The van der Waals surface area contributed by atoms with Crippen LogP contribution in [0.3, 0.4) is 0 Å². The van der Waals surface area contributed by atoms with Gasteiger partial charge in [0.15, 0.2) is 5.65 Å². The van der Waals surface area contributed by atoms with E-state index in [0.717, 1.165) is 35.6 Å². The molecule has 0 aliphatic carbocycles. The molecule has 1 aliphatic heterocycles. The highest BCUT2D eigenvalue weighted by atomic mass is 79.9. The Morgan fingerprint density at radius 2 is 1.89 bits per heavy atom. The largest absolute Gasteiger partial charge is 0.366 e. The number of anilines is 1. The van der Waals surface area contributed by atoms with Gasteiger partial charge in [-0.25, -0.2) is 9.37 Å². The summed E-state index contributed by atoms with van der Waals surface area (Å²) in [7, 11) is 0. The van der Waals surface area contributed by atoms with Crippen LogP contribution in [0.15, 0.2) is 65.3 Å². The highest BCUT2D eigenvalue weighted by Crippen LogP contribution is 2.27. The van der Waals surface area contributed by atoms with Crippen molar-refractivity contribution in [3.05, 3.63) is 82.2 Å². The highest BCUT2D eigenvalue weighted by Gasteiger charge is 2.16. The first-order chi connectivity index (χ1) is 18.0. The van der Waals surface area contributed by atoms with Gasteiger partial charge in [0.1, 0.15) is 11.6 Å². The Morgan fingerprint density at radius 3 is 2.65 bits per heavy atom. The van der Waals surface area contributed by atoms with Crippen LogP contribution >= 0.6 is 15.9 Å². The van der Waals surface area contributed by atoms with Gasteiger partial charge in [0, 0.05) is 36.8 Å². The van der Waals surface area contributed by atoms with Crippen LogP contribution in [0.4, 0.5) is 10.2 Å². The smallest absolute Gasteiger partial charge is 0.251 e. The van der Waals surface area contributed by atoms with Gasteiger partial charge in [0.2, 0.25) is 0 Å². The molecule has 2 aromatic heterocycles. The third-order valence-corrected chi connectivity index (χ3v) is 7.42. The van der Waals surface area contributed by atoms with Crippen LogP contribution in [0.2, 0.25) is 0 Å². The number of hydrogen-bond acceptors (Lipinski definition) is 5. The number of fused-ring (bicyclic) bond motifs is 1. The van der Waals surface area contributed by atoms with Crippen LogP contribution < -0.4 is 10.6 Å². The molecule has 1 aliphatic rings. The molecule has 9 heteroatoms. The number of likely N-dealkylation sites (tertiary alicyclic amines) is 1. The van der Waals surface area contributed by atoms with Crippen LogP contribution in [0, 0.1) is 11.7 Å². The first-order valence-corrected chi connectivity index (χ1v) is 13.4. The van der Waals surface area contributed by atoms with Crippen LogP contribution in [0.5, 0.6) is 0 Å². The number of nitrogens with one attached hydrogen (secondary N) is 2. The first-order valence-electron chi connectivity index (χ1n) is 12.6. The fraction of sp³-hybridized carbons (Fsp3) is 0.321. The Hall–Kier alpha value is -3.30. The van der Waals surface area contributed by atoms with Crippen LogP contribution in [0.1, 0.15) is 35.7 Å². The minimum absolute atomic E-state index is 0.0587. The van der Waals surface area contributed by atoms with Gasteiger partial charge in [0.05, 0.1) is 16.4 Å². The van der Waals surface area contributed by atoms with Gasteiger partial charge in [-0.3, -0.25) is 4.79 Å². The number of halogens is 2. The fourth-order valence-corrected chi connectivity index (χ4v) is 4.90. The van der Waals surface area contributed by atoms with Gasteiger partial charge in [-0.2, -0.15) is 9.61 Å². The summed E-state index contributed by atoms with van der Waals surface area (Å²) < 4.78 is 16.8. The van der Waals surface area contributed by atoms with Gasteiger partial charge >= 0.3 is 0 Å². The zero-order chi connectivity index (χ0) is 25.8. The zero-order valence-corrected chi connectivity index (χ0v) is 22.3. The Morgan fingerprint density at radius 1 is 1.14 bits per heavy atom. The van der Waals surface area contributed by atoms with E-state index in [4.69, 9.17) is 0 Å². The maximum absolute atomic E-state index is 14.4. The summed E-state index contributed by atoms with van der Waals surface area (Å²) >= 11 is 3.48. The summed E-state index contributed by atoms with van der Waals surface area (Å²) in [5, 5.41) is 10.8. The van der Waals surface area contributed by atoms with Crippen molar-refractivity contribution in [2.75, 3.05) is 31.5 Å². The van der Waals surface area contributed by atoms with E-state index < -0.39 is 0 Å². The summed E-state index contributed by atoms with van der Waals surface area (Å²) in [4.78, 5) is 19.6. The first kappa shape index (κ1) is 25.4. The molecular formula is C28H30BrFN6O. The second kappa shape index (κ2) is 11.4. The van der Waals surface area contributed by atoms with Crippen molar-refractivity contribution in [2.24, 2.45) is 5.92 Å². The van der Waals surface area contributed by atoms with Crippen LogP contribution in [-0.4, -0.2) is 51.6 Å². The van der Waals surface area contributed by atoms with E-state index in [9.17, 15) is 9.18 Å². The molecule has 0 unspecified atom stereocenters. The van der Waals surface area contributed by atoms with Crippen molar-refractivity contribution >= 4 is 33.3 Å². The molecule has 1 fully saturated rings. The van der Waals surface area contributed by atoms with Gasteiger partial charge < -0.3 is 15.5 Å². The molecule has 4 aromatic rings. The molecule has 3 heterocycles. The minimum Gasteiger partial charge on any atom is -0.366 e. The molecule has 0 atom stereocenters. The number of carbonyl (C=O) groups excluding carboxylic acids is 1. The van der Waals surface area contributed by atoms with E-state index in [1.165, 1.54) is 18.9 Å². The van der Waals surface area contributed by atoms with Crippen molar-refractivity contribution in [1.82, 2.24) is 24.8 Å². The summed E-state index contributed by atoms with van der Waals surface area (Å²) in [6.45, 7) is 6.56. The number of piperidine rings is 1. The molecule has 7 nitrogen and oxygen atoms in total. The van der Waals surface area contributed by atoms with Gasteiger partial charge in [-0.15, -0.1) is 0 Å².